The Labute approximate surface area is 127 Å². The van der Waals surface area contributed by atoms with Crippen LogP contribution in [0.1, 0.15) is 11.8 Å². The molecule has 3 nitrogen and oxygen atoms in total. The van der Waals surface area contributed by atoms with E-state index < -0.39 is 0 Å². The van der Waals surface area contributed by atoms with Gasteiger partial charge in [0.15, 0.2) is 0 Å². The van der Waals surface area contributed by atoms with Crippen molar-refractivity contribution < 1.29 is 9.13 Å². The highest BCUT2D eigenvalue weighted by atomic mass is 79.9. The number of thiophene rings is 1. The van der Waals surface area contributed by atoms with Crippen molar-refractivity contribution in [3.63, 3.8) is 0 Å². The summed E-state index contributed by atoms with van der Waals surface area (Å²) in [5, 5.41) is 0.880. The Morgan fingerprint density at radius 1 is 1.30 bits per heavy atom. The van der Waals surface area contributed by atoms with Crippen LogP contribution >= 0.6 is 27.3 Å². The summed E-state index contributed by atoms with van der Waals surface area (Å²) in [4.78, 5) is 10.5. The summed E-state index contributed by atoms with van der Waals surface area (Å²) < 4.78 is 19.4. The molecule has 2 heterocycles. The maximum atomic E-state index is 13.1. The van der Waals surface area contributed by atoms with Gasteiger partial charge < -0.3 is 4.74 Å². The number of nitrogens with zero attached hydrogens (tertiary/aromatic N) is 2. The summed E-state index contributed by atoms with van der Waals surface area (Å²) in [6.45, 7) is 2.09. The first-order valence-electron chi connectivity index (χ1n) is 6.03. The molecule has 2 aromatic heterocycles. The standard InChI is InChI=1S/C14H10BrFN2OS/c1-2-9-6-10-13(17-7-18-14(10)20-9)19-12-4-3-8(16)5-11(12)15/h3-7H,2H2,1H3. The molecule has 0 fully saturated rings. The number of halogens is 2. The fourth-order valence-electron chi connectivity index (χ4n) is 1.80. The lowest BCUT2D eigenvalue weighted by Crippen LogP contribution is -1.90. The van der Waals surface area contributed by atoms with Crippen LogP contribution < -0.4 is 4.74 Å². The SMILES string of the molecule is CCc1cc2c(Oc3ccc(F)cc3Br)ncnc2s1. The van der Waals surface area contributed by atoms with Crippen LogP contribution in [0.15, 0.2) is 35.1 Å². The van der Waals surface area contributed by atoms with Gasteiger partial charge in [0, 0.05) is 4.88 Å². The highest BCUT2D eigenvalue weighted by Gasteiger charge is 2.11. The second kappa shape index (κ2) is 5.46. The van der Waals surface area contributed by atoms with Crippen molar-refractivity contribution in [1.29, 1.82) is 0 Å². The van der Waals surface area contributed by atoms with Gasteiger partial charge in [0.25, 0.3) is 0 Å². The number of hydrogen-bond acceptors (Lipinski definition) is 4. The minimum absolute atomic E-state index is 0.319. The van der Waals surface area contributed by atoms with Crippen LogP contribution in [0.2, 0.25) is 0 Å². The number of benzene rings is 1. The third kappa shape index (κ3) is 2.53. The van der Waals surface area contributed by atoms with Crippen molar-refractivity contribution in [2.45, 2.75) is 13.3 Å². The predicted molar refractivity (Wildman–Crippen MR) is 81.0 cm³/mol. The van der Waals surface area contributed by atoms with Crippen molar-refractivity contribution in [1.82, 2.24) is 9.97 Å². The van der Waals surface area contributed by atoms with E-state index >= 15 is 0 Å². The van der Waals surface area contributed by atoms with E-state index in [0.717, 1.165) is 16.6 Å². The van der Waals surface area contributed by atoms with Gasteiger partial charge >= 0.3 is 0 Å². The van der Waals surface area contributed by atoms with Crippen LogP contribution in [-0.2, 0) is 6.42 Å². The lowest BCUT2D eigenvalue weighted by Gasteiger charge is -2.07. The third-order valence-corrected chi connectivity index (χ3v) is 4.60. The predicted octanol–water partition coefficient (Wildman–Crippen LogP) is 4.95. The van der Waals surface area contributed by atoms with Crippen molar-refractivity contribution >= 4 is 37.5 Å². The maximum absolute atomic E-state index is 13.1. The third-order valence-electron chi connectivity index (χ3n) is 2.79. The molecule has 0 radical (unpaired) electrons. The number of aromatic nitrogens is 2. The Balaban J connectivity index is 2.03. The van der Waals surface area contributed by atoms with Gasteiger partial charge in [-0.3, -0.25) is 0 Å². The normalized spacial score (nSPS) is 10.9. The van der Waals surface area contributed by atoms with Gasteiger partial charge in [0.05, 0.1) is 9.86 Å². The molecule has 0 saturated carbocycles. The van der Waals surface area contributed by atoms with Gasteiger partial charge in [-0.1, -0.05) is 6.92 Å². The van der Waals surface area contributed by atoms with Gasteiger partial charge in [-0.25, -0.2) is 14.4 Å². The Morgan fingerprint density at radius 3 is 2.90 bits per heavy atom. The minimum Gasteiger partial charge on any atom is -0.437 e. The number of hydrogen-bond donors (Lipinski definition) is 0. The topological polar surface area (TPSA) is 35.0 Å². The van der Waals surface area contributed by atoms with E-state index in [1.807, 2.05) is 6.07 Å². The molecule has 0 spiro atoms. The smallest absolute Gasteiger partial charge is 0.231 e. The van der Waals surface area contributed by atoms with Crippen LogP contribution in [0, 0.1) is 5.82 Å². The zero-order valence-electron chi connectivity index (χ0n) is 10.6. The maximum Gasteiger partial charge on any atom is 0.231 e. The molecule has 102 valence electrons. The second-order valence-electron chi connectivity index (χ2n) is 4.14. The fourth-order valence-corrected chi connectivity index (χ4v) is 3.16. The summed E-state index contributed by atoms with van der Waals surface area (Å²) in [6.07, 6.45) is 2.42. The summed E-state index contributed by atoms with van der Waals surface area (Å²) in [7, 11) is 0. The molecule has 0 aliphatic heterocycles. The lowest BCUT2D eigenvalue weighted by atomic mass is 10.3. The molecule has 0 amide bonds. The van der Waals surface area contributed by atoms with Gasteiger partial charge in [-0.2, -0.15) is 0 Å². The summed E-state index contributed by atoms with van der Waals surface area (Å²) in [6, 6.07) is 6.32. The van der Waals surface area contributed by atoms with Gasteiger partial charge in [0.1, 0.15) is 22.7 Å². The van der Waals surface area contributed by atoms with Crippen molar-refractivity contribution in [3.8, 4) is 11.6 Å². The number of ether oxygens (including phenoxy) is 1. The van der Waals surface area contributed by atoms with Crippen LogP contribution in [-0.4, -0.2) is 9.97 Å². The van der Waals surface area contributed by atoms with Gasteiger partial charge in [-0.05, 0) is 46.6 Å². The van der Waals surface area contributed by atoms with E-state index in [-0.39, 0.29) is 5.82 Å². The molecule has 0 aliphatic rings. The van der Waals surface area contributed by atoms with E-state index in [1.54, 1.807) is 17.4 Å². The molecule has 0 aliphatic carbocycles. The van der Waals surface area contributed by atoms with E-state index in [1.165, 1.54) is 23.3 Å². The molecule has 0 atom stereocenters. The summed E-state index contributed by atoms with van der Waals surface area (Å²) in [5.41, 5.74) is 0. The number of aryl methyl sites for hydroxylation is 1. The summed E-state index contributed by atoms with van der Waals surface area (Å²) in [5.74, 6) is 0.690. The summed E-state index contributed by atoms with van der Waals surface area (Å²) >= 11 is 4.91. The molecule has 3 rings (SSSR count). The molecule has 0 N–H and O–H groups in total. The van der Waals surface area contributed by atoms with E-state index in [4.69, 9.17) is 4.74 Å². The number of fused-ring (bicyclic) bond motifs is 1. The average Bonchev–Trinajstić information content (AvgIpc) is 2.86. The van der Waals surface area contributed by atoms with Crippen LogP contribution in [0.4, 0.5) is 4.39 Å². The van der Waals surface area contributed by atoms with E-state index in [2.05, 4.69) is 32.8 Å². The fraction of sp³-hybridized carbons (Fsp3) is 0.143. The second-order valence-corrected chi connectivity index (χ2v) is 6.11. The zero-order valence-corrected chi connectivity index (χ0v) is 13.0. The quantitative estimate of drug-likeness (QED) is 0.668. The minimum atomic E-state index is -0.319. The van der Waals surface area contributed by atoms with E-state index in [9.17, 15) is 4.39 Å². The van der Waals surface area contributed by atoms with Crippen molar-refractivity contribution in [2.24, 2.45) is 0 Å². The highest BCUT2D eigenvalue weighted by Crippen LogP contribution is 2.35. The Morgan fingerprint density at radius 2 is 2.15 bits per heavy atom. The Bertz CT molecular complexity index is 775. The molecule has 3 aromatic rings. The first-order valence-corrected chi connectivity index (χ1v) is 7.64. The first-order chi connectivity index (χ1) is 9.67. The van der Waals surface area contributed by atoms with E-state index in [0.29, 0.717) is 16.1 Å². The molecule has 20 heavy (non-hydrogen) atoms. The molecular formula is C14H10BrFN2OS. The zero-order chi connectivity index (χ0) is 14.1. The van der Waals surface area contributed by atoms with Crippen molar-refractivity contribution in [3.05, 3.63) is 45.8 Å². The first kappa shape index (κ1) is 13.5. The largest absolute Gasteiger partial charge is 0.437 e. The average molecular weight is 353 g/mol. The molecule has 6 heteroatoms. The molecule has 1 aromatic carbocycles. The molecular weight excluding hydrogens is 343 g/mol. The van der Waals surface area contributed by atoms with Crippen LogP contribution in [0.25, 0.3) is 10.2 Å². The van der Waals surface area contributed by atoms with Crippen LogP contribution in [0.5, 0.6) is 11.6 Å². The van der Waals surface area contributed by atoms with Crippen molar-refractivity contribution in [2.75, 3.05) is 0 Å². The molecule has 0 saturated heterocycles. The monoisotopic (exact) mass is 352 g/mol. The Hall–Kier alpha value is -1.53. The number of rotatable bonds is 3. The van der Waals surface area contributed by atoms with Gasteiger partial charge in [0.2, 0.25) is 5.88 Å². The molecule has 0 bridgehead atoms. The highest BCUT2D eigenvalue weighted by molar-refractivity contribution is 9.10. The lowest BCUT2D eigenvalue weighted by molar-refractivity contribution is 0.463. The van der Waals surface area contributed by atoms with Crippen LogP contribution in [0.3, 0.4) is 0 Å². The molecule has 0 unspecified atom stereocenters. The van der Waals surface area contributed by atoms with Gasteiger partial charge in [-0.15, -0.1) is 11.3 Å². The Kier molecular flexibility index (Phi) is 3.67.